The number of hydrogen-bond donors (Lipinski definition) is 2. The molecule has 0 aliphatic carbocycles. The van der Waals surface area contributed by atoms with Crippen LogP contribution in [0.3, 0.4) is 0 Å². The summed E-state index contributed by atoms with van der Waals surface area (Å²) in [6.07, 6.45) is 0. The molecule has 2 aromatic carbocycles. The molecule has 2 rings (SSSR count). The molecule has 0 saturated heterocycles. The van der Waals surface area contributed by atoms with Crippen LogP contribution in [-0.2, 0) is 11.3 Å². The van der Waals surface area contributed by atoms with Crippen LogP contribution in [0.4, 0.5) is 5.69 Å². The normalized spacial score (nSPS) is 10.0. The number of carbonyl (C=O) groups excluding carboxylic acids is 1. The van der Waals surface area contributed by atoms with Gasteiger partial charge in [0, 0.05) is 12.2 Å². The van der Waals surface area contributed by atoms with E-state index in [9.17, 15) is 4.79 Å². The number of carbonyl (C=O) groups is 1. The van der Waals surface area contributed by atoms with E-state index in [1.54, 1.807) is 12.1 Å². The summed E-state index contributed by atoms with van der Waals surface area (Å²) in [6.45, 7) is 4.57. The molecule has 0 aliphatic rings. The molecular formula is C18H20N2O2S. The van der Waals surface area contributed by atoms with Gasteiger partial charge in [0.2, 0.25) is 0 Å². The summed E-state index contributed by atoms with van der Waals surface area (Å²) >= 11 is 5.34. The van der Waals surface area contributed by atoms with Crippen molar-refractivity contribution in [3.8, 4) is 0 Å². The Bertz CT molecular complexity index is 729. The molecule has 2 N–H and O–H groups in total. The zero-order chi connectivity index (χ0) is 16.8. The number of hydrogen-bond acceptors (Lipinski definition) is 3. The van der Waals surface area contributed by atoms with Crippen LogP contribution >= 0.6 is 12.2 Å². The van der Waals surface area contributed by atoms with Crippen LogP contribution in [0.25, 0.3) is 0 Å². The summed E-state index contributed by atoms with van der Waals surface area (Å²) in [5.74, 6) is -0.357. The molecule has 0 aromatic heterocycles. The minimum Gasteiger partial charge on any atom is -0.465 e. The Labute approximate surface area is 141 Å². The lowest BCUT2D eigenvalue weighted by molar-refractivity contribution is 0.0600. The number of rotatable bonds is 4. The smallest absolute Gasteiger partial charge is 0.338 e. The van der Waals surface area contributed by atoms with Gasteiger partial charge in [-0.1, -0.05) is 30.3 Å². The molecule has 0 heterocycles. The van der Waals surface area contributed by atoms with Gasteiger partial charge in [-0.25, -0.2) is 4.79 Å². The lowest BCUT2D eigenvalue weighted by Crippen LogP contribution is -2.28. The summed E-state index contributed by atoms with van der Waals surface area (Å²) in [6, 6.07) is 13.6. The van der Waals surface area contributed by atoms with Gasteiger partial charge in [-0.15, -0.1) is 0 Å². The maximum Gasteiger partial charge on any atom is 0.338 e. The van der Waals surface area contributed by atoms with Crippen molar-refractivity contribution in [2.75, 3.05) is 12.4 Å². The largest absolute Gasteiger partial charge is 0.465 e. The molecule has 23 heavy (non-hydrogen) atoms. The quantitative estimate of drug-likeness (QED) is 0.664. The fourth-order valence-electron chi connectivity index (χ4n) is 2.25. The van der Waals surface area contributed by atoms with Gasteiger partial charge in [0.1, 0.15) is 0 Å². The van der Waals surface area contributed by atoms with Crippen LogP contribution < -0.4 is 10.6 Å². The average Bonchev–Trinajstić information content (AvgIpc) is 2.55. The summed E-state index contributed by atoms with van der Waals surface area (Å²) < 4.78 is 4.78. The minimum atomic E-state index is -0.357. The van der Waals surface area contributed by atoms with Crippen molar-refractivity contribution in [2.45, 2.75) is 20.4 Å². The second-order valence-corrected chi connectivity index (χ2v) is 5.61. The van der Waals surface area contributed by atoms with E-state index in [-0.39, 0.29) is 5.97 Å². The van der Waals surface area contributed by atoms with Crippen molar-refractivity contribution in [2.24, 2.45) is 0 Å². The predicted octanol–water partition coefficient (Wildman–Crippen LogP) is 3.58. The molecule has 0 radical (unpaired) electrons. The summed E-state index contributed by atoms with van der Waals surface area (Å²) in [7, 11) is 1.37. The van der Waals surface area contributed by atoms with E-state index in [1.807, 2.05) is 25.1 Å². The van der Waals surface area contributed by atoms with E-state index in [4.69, 9.17) is 17.0 Å². The number of esters is 1. The number of nitrogens with one attached hydrogen (secondary N) is 2. The maximum atomic E-state index is 11.7. The minimum absolute atomic E-state index is 0.357. The van der Waals surface area contributed by atoms with E-state index in [0.717, 1.165) is 11.3 Å². The number of methoxy groups -OCH3 is 1. The van der Waals surface area contributed by atoms with Crippen molar-refractivity contribution >= 4 is 29.0 Å². The molecule has 120 valence electrons. The van der Waals surface area contributed by atoms with Gasteiger partial charge < -0.3 is 15.4 Å². The van der Waals surface area contributed by atoms with Crippen LogP contribution in [0.2, 0.25) is 0 Å². The fraction of sp³-hybridized carbons (Fsp3) is 0.222. The third kappa shape index (κ3) is 4.29. The van der Waals surface area contributed by atoms with Crippen LogP contribution in [0.5, 0.6) is 0 Å². The first-order valence-corrected chi connectivity index (χ1v) is 7.71. The monoisotopic (exact) mass is 328 g/mol. The van der Waals surface area contributed by atoms with E-state index in [2.05, 4.69) is 29.7 Å². The Morgan fingerprint density at radius 2 is 1.87 bits per heavy atom. The lowest BCUT2D eigenvalue weighted by Gasteiger charge is -2.15. The van der Waals surface area contributed by atoms with Gasteiger partial charge >= 0.3 is 5.97 Å². The standard InChI is InChI=1S/C18H20N2O2S/c1-12-7-4-5-8-14(12)11-19-18(23)20-16-10-6-9-15(13(16)2)17(21)22-3/h4-10H,11H2,1-3H3,(H2,19,20,23). The first kappa shape index (κ1) is 17.0. The van der Waals surface area contributed by atoms with E-state index in [1.165, 1.54) is 18.2 Å². The molecule has 0 spiro atoms. The van der Waals surface area contributed by atoms with Gasteiger partial charge in [0.15, 0.2) is 5.11 Å². The Morgan fingerprint density at radius 3 is 2.57 bits per heavy atom. The van der Waals surface area contributed by atoms with Gasteiger partial charge in [0.05, 0.1) is 12.7 Å². The molecule has 0 fully saturated rings. The Hall–Kier alpha value is -2.40. The molecule has 4 nitrogen and oxygen atoms in total. The molecule has 5 heteroatoms. The molecule has 0 unspecified atom stereocenters. The first-order valence-electron chi connectivity index (χ1n) is 7.30. The van der Waals surface area contributed by atoms with Crippen LogP contribution in [0, 0.1) is 13.8 Å². The molecule has 0 aliphatic heterocycles. The van der Waals surface area contributed by atoms with Gasteiger partial charge in [-0.2, -0.15) is 0 Å². The van der Waals surface area contributed by atoms with Crippen LogP contribution in [-0.4, -0.2) is 18.2 Å². The highest BCUT2D eigenvalue weighted by Crippen LogP contribution is 2.19. The highest BCUT2D eigenvalue weighted by molar-refractivity contribution is 7.80. The molecule has 0 amide bonds. The topological polar surface area (TPSA) is 50.4 Å². The van der Waals surface area contributed by atoms with Crippen LogP contribution in [0.1, 0.15) is 27.0 Å². The molecule has 2 aromatic rings. The average molecular weight is 328 g/mol. The Kier molecular flexibility index (Phi) is 5.71. The number of anilines is 1. The van der Waals surface area contributed by atoms with Crippen molar-refractivity contribution in [3.05, 3.63) is 64.7 Å². The number of aryl methyl sites for hydroxylation is 1. The Morgan fingerprint density at radius 1 is 1.13 bits per heavy atom. The van der Waals surface area contributed by atoms with Gasteiger partial charge in [-0.05, 0) is 54.9 Å². The molecule has 0 atom stereocenters. The van der Waals surface area contributed by atoms with Gasteiger partial charge in [-0.3, -0.25) is 0 Å². The van der Waals surface area contributed by atoms with E-state index >= 15 is 0 Å². The SMILES string of the molecule is COC(=O)c1cccc(NC(=S)NCc2ccccc2C)c1C. The Balaban J connectivity index is 2.03. The maximum absolute atomic E-state index is 11.7. The number of thiocarbonyl (C=S) groups is 1. The second-order valence-electron chi connectivity index (χ2n) is 5.20. The van der Waals surface area contributed by atoms with Crippen molar-refractivity contribution in [1.29, 1.82) is 0 Å². The first-order chi connectivity index (χ1) is 11.0. The van der Waals surface area contributed by atoms with E-state index in [0.29, 0.717) is 17.2 Å². The predicted molar refractivity (Wildman–Crippen MR) is 96.8 cm³/mol. The zero-order valence-electron chi connectivity index (χ0n) is 13.5. The highest BCUT2D eigenvalue weighted by atomic mass is 32.1. The molecule has 0 bridgehead atoms. The zero-order valence-corrected chi connectivity index (χ0v) is 14.3. The lowest BCUT2D eigenvalue weighted by atomic mass is 10.1. The highest BCUT2D eigenvalue weighted by Gasteiger charge is 2.12. The van der Waals surface area contributed by atoms with Crippen molar-refractivity contribution in [1.82, 2.24) is 5.32 Å². The summed E-state index contributed by atoms with van der Waals surface area (Å²) in [4.78, 5) is 11.7. The van der Waals surface area contributed by atoms with Crippen molar-refractivity contribution in [3.63, 3.8) is 0 Å². The molecule has 0 saturated carbocycles. The third-order valence-corrected chi connectivity index (χ3v) is 3.93. The number of ether oxygens (including phenoxy) is 1. The summed E-state index contributed by atoms with van der Waals surface area (Å²) in [5.41, 5.74) is 4.53. The van der Waals surface area contributed by atoms with E-state index < -0.39 is 0 Å². The molecular weight excluding hydrogens is 308 g/mol. The van der Waals surface area contributed by atoms with Crippen molar-refractivity contribution < 1.29 is 9.53 Å². The third-order valence-electron chi connectivity index (χ3n) is 3.69. The van der Waals surface area contributed by atoms with Crippen LogP contribution in [0.15, 0.2) is 42.5 Å². The fourth-order valence-corrected chi connectivity index (χ4v) is 2.43. The second kappa shape index (κ2) is 7.74. The number of benzene rings is 2. The summed E-state index contributed by atoms with van der Waals surface area (Å²) in [5, 5.41) is 6.83. The van der Waals surface area contributed by atoms with Gasteiger partial charge in [0.25, 0.3) is 0 Å².